The molecule has 134 valence electrons. The molecular formula is C21H20NO3S-. The van der Waals surface area contributed by atoms with Crippen molar-refractivity contribution in [2.24, 2.45) is 0 Å². The van der Waals surface area contributed by atoms with Crippen LogP contribution in [0.4, 0.5) is 0 Å². The summed E-state index contributed by atoms with van der Waals surface area (Å²) in [6.45, 7) is 8.36. The summed E-state index contributed by atoms with van der Waals surface area (Å²) >= 11 is 1.14. The molecule has 0 aliphatic heterocycles. The minimum Gasteiger partial charge on any atom is -0.544 e. The lowest BCUT2D eigenvalue weighted by Crippen LogP contribution is -2.21. The Morgan fingerprint density at radius 3 is 2.42 bits per heavy atom. The molecule has 0 spiro atoms. The van der Waals surface area contributed by atoms with Crippen molar-refractivity contribution in [3.63, 3.8) is 0 Å². The van der Waals surface area contributed by atoms with Crippen molar-refractivity contribution in [2.75, 3.05) is 0 Å². The molecule has 0 aliphatic carbocycles. The molecule has 1 aromatic heterocycles. The second kappa shape index (κ2) is 7.30. The number of aromatic carboxylic acids is 1. The maximum Gasteiger partial charge on any atom is 0.124 e. The molecule has 4 nitrogen and oxygen atoms in total. The molecular weight excluding hydrogens is 346 g/mol. The summed E-state index contributed by atoms with van der Waals surface area (Å²) < 4.78 is 5.99. The Labute approximate surface area is 157 Å². The van der Waals surface area contributed by atoms with Crippen LogP contribution in [0.2, 0.25) is 0 Å². The van der Waals surface area contributed by atoms with Gasteiger partial charge in [0, 0.05) is 5.56 Å². The number of hydrogen-bond donors (Lipinski definition) is 0. The van der Waals surface area contributed by atoms with E-state index in [4.69, 9.17) is 4.74 Å². The summed E-state index contributed by atoms with van der Waals surface area (Å²) in [4.78, 5) is 15.6. The number of carboxylic acids is 1. The van der Waals surface area contributed by atoms with Gasteiger partial charge in [0.15, 0.2) is 0 Å². The van der Waals surface area contributed by atoms with Gasteiger partial charge in [0.05, 0.1) is 16.5 Å². The van der Waals surface area contributed by atoms with Crippen molar-refractivity contribution < 1.29 is 14.6 Å². The van der Waals surface area contributed by atoms with Crippen molar-refractivity contribution in [1.29, 1.82) is 0 Å². The average Bonchev–Trinajstić information content (AvgIpc) is 2.99. The van der Waals surface area contributed by atoms with E-state index in [0.717, 1.165) is 33.8 Å². The van der Waals surface area contributed by atoms with Crippen LogP contribution in [0, 0.1) is 27.7 Å². The number of ether oxygens (including phenoxy) is 1. The van der Waals surface area contributed by atoms with Crippen molar-refractivity contribution in [3.8, 4) is 16.3 Å². The molecule has 0 radical (unpaired) electrons. The first-order valence-corrected chi connectivity index (χ1v) is 9.15. The van der Waals surface area contributed by atoms with Gasteiger partial charge in [-0.3, -0.25) is 0 Å². The van der Waals surface area contributed by atoms with Gasteiger partial charge in [0.1, 0.15) is 17.4 Å². The Balaban J connectivity index is 1.74. The second-order valence-corrected chi connectivity index (χ2v) is 7.41. The van der Waals surface area contributed by atoms with Crippen LogP contribution >= 0.6 is 11.3 Å². The number of carboxylic acid groups (broad SMARTS) is 1. The van der Waals surface area contributed by atoms with Crippen LogP contribution in [0.5, 0.6) is 5.75 Å². The number of benzene rings is 2. The maximum atomic E-state index is 11.1. The number of hydrogen-bond acceptors (Lipinski definition) is 5. The lowest BCUT2D eigenvalue weighted by Gasteiger charge is -2.12. The molecule has 0 saturated carbocycles. The molecule has 3 aromatic rings. The molecule has 0 unspecified atom stereocenters. The predicted octanol–water partition coefficient (Wildman–Crippen LogP) is 3.99. The first kappa shape index (κ1) is 18.1. The van der Waals surface area contributed by atoms with E-state index in [1.54, 1.807) is 6.92 Å². The molecule has 5 heteroatoms. The molecule has 0 saturated heterocycles. The van der Waals surface area contributed by atoms with Crippen molar-refractivity contribution in [3.05, 3.63) is 69.2 Å². The molecule has 1 heterocycles. The number of aromatic nitrogens is 1. The molecule has 0 atom stereocenters. The molecule has 0 fully saturated rings. The van der Waals surface area contributed by atoms with E-state index in [0.29, 0.717) is 17.3 Å². The lowest BCUT2D eigenvalue weighted by molar-refractivity contribution is -0.254. The minimum atomic E-state index is -1.18. The zero-order valence-corrected chi connectivity index (χ0v) is 16.1. The topological polar surface area (TPSA) is 62.2 Å². The number of rotatable bonds is 5. The first-order valence-electron chi connectivity index (χ1n) is 8.34. The number of carbonyl (C=O) groups excluding carboxylic acids is 1. The Morgan fingerprint density at radius 2 is 1.81 bits per heavy atom. The van der Waals surface area contributed by atoms with Gasteiger partial charge in [-0.1, -0.05) is 30.3 Å². The molecule has 26 heavy (non-hydrogen) atoms. The van der Waals surface area contributed by atoms with Crippen LogP contribution in [0.3, 0.4) is 0 Å². The fourth-order valence-corrected chi connectivity index (χ4v) is 3.67. The van der Waals surface area contributed by atoms with E-state index >= 15 is 0 Å². The monoisotopic (exact) mass is 366 g/mol. The van der Waals surface area contributed by atoms with Crippen LogP contribution in [0.25, 0.3) is 10.6 Å². The Bertz CT molecular complexity index is 958. The first-order chi connectivity index (χ1) is 12.3. The van der Waals surface area contributed by atoms with Crippen LogP contribution in [0.15, 0.2) is 36.4 Å². The summed E-state index contributed by atoms with van der Waals surface area (Å²) in [6, 6.07) is 12.0. The largest absolute Gasteiger partial charge is 0.544 e. The van der Waals surface area contributed by atoms with Crippen molar-refractivity contribution in [1.82, 2.24) is 4.98 Å². The highest BCUT2D eigenvalue weighted by molar-refractivity contribution is 7.17. The minimum absolute atomic E-state index is 0.178. The zero-order valence-electron chi connectivity index (χ0n) is 15.3. The molecule has 0 bridgehead atoms. The lowest BCUT2D eigenvalue weighted by atomic mass is 10.1. The van der Waals surface area contributed by atoms with Gasteiger partial charge in [-0.25, -0.2) is 4.98 Å². The number of aryl methyl sites for hydroxylation is 3. The standard InChI is InChI=1S/C21H21NO3S/c1-12-9-13(2)14(3)18(10-12)25-11-16-5-7-17(8-6-16)20-22-15(4)19(26-20)21(23)24/h5-10H,11H2,1-4H3,(H,23,24)/p-1. The molecule has 3 rings (SSSR count). The van der Waals surface area contributed by atoms with Gasteiger partial charge in [0.25, 0.3) is 0 Å². The molecule has 0 N–H and O–H groups in total. The Hall–Kier alpha value is -2.66. The van der Waals surface area contributed by atoms with E-state index in [-0.39, 0.29) is 4.88 Å². The quantitative estimate of drug-likeness (QED) is 0.685. The third kappa shape index (κ3) is 3.78. The predicted molar refractivity (Wildman–Crippen MR) is 102 cm³/mol. The van der Waals surface area contributed by atoms with Crippen LogP contribution in [-0.4, -0.2) is 11.0 Å². The normalized spacial score (nSPS) is 10.8. The third-order valence-corrected chi connectivity index (χ3v) is 5.53. The number of carbonyl (C=O) groups is 1. The number of thiazole rings is 1. The van der Waals surface area contributed by atoms with Crippen LogP contribution < -0.4 is 9.84 Å². The summed E-state index contributed by atoms with van der Waals surface area (Å²) in [5.41, 5.74) is 5.97. The maximum absolute atomic E-state index is 11.1. The molecule has 2 aromatic carbocycles. The Kier molecular flexibility index (Phi) is 5.09. The van der Waals surface area contributed by atoms with E-state index in [1.807, 2.05) is 24.3 Å². The SMILES string of the molecule is Cc1cc(C)c(C)c(OCc2ccc(-c3nc(C)c(C(=O)[O-])s3)cc2)c1. The van der Waals surface area contributed by atoms with E-state index in [9.17, 15) is 9.90 Å². The summed E-state index contributed by atoms with van der Waals surface area (Å²) in [5, 5.41) is 11.7. The summed E-state index contributed by atoms with van der Waals surface area (Å²) in [6.07, 6.45) is 0. The summed E-state index contributed by atoms with van der Waals surface area (Å²) in [7, 11) is 0. The van der Waals surface area contributed by atoms with E-state index in [2.05, 4.69) is 37.9 Å². The highest BCUT2D eigenvalue weighted by atomic mass is 32.1. The van der Waals surface area contributed by atoms with Gasteiger partial charge >= 0.3 is 0 Å². The van der Waals surface area contributed by atoms with Crippen LogP contribution in [0.1, 0.15) is 37.6 Å². The fraction of sp³-hybridized carbons (Fsp3) is 0.238. The highest BCUT2D eigenvalue weighted by Crippen LogP contribution is 2.28. The average molecular weight is 366 g/mol. The van der Waals surface area contributed by atoms with Crippen LogP contribution in [-0.2, 0) is 6.61 Å². The van der Waals surface area contributed by atoms with Crippen molar-refractivity contribution >= 4 is 17.3 Å². The van der Waals surface area contributed by atoms with E-state index in [1.165, 1.54) is 11.1 Å². The smallest absolute Gasteiger partial charge is 0.124 e. The summed E-state index contributed by atoms with van der Waals surface area (Å²) in [5.74, 6) is -0.277. The van der Waals surface area contributed by atoms with Crippen molar-refractivity contribution in [2.45, 2.75) is 34.3 Å². The van der Waals surface area contributed by atoms with Gasteiger partial charge in [-0.05, 0) is 56.0 Å². The fourth-order valence-electron chi connectivity index (χ4n) is 2.76. The molecule has 0 amide bonds. The van der Waals surface area contributed by atoms with Gasteiger partial charge < -0.3 is 14.6 Å². The molecule has 0 aliphatic rings. The third-order valence-electron chi connectivity index (χ3n) is 4.34. The van der Waals surface area contributed by atoms with Gasteiger partial charge in [-0.2, -0.15) is 0 Å². The zero-order chi connectivity index (χ0) is 18.8. The Morgan fingerprint density at radius 1 is 1.12 bits per heavy atom. The van der Waals surface area contributed by atoms with Gasteiger partial charge in [-0.15, -0.1) is 11.3 Å². The number of nitrogens with zero attached hydrogens (tertiary/aromatic N) is 1. The van der Waals surface area contributed by atoms with Gasteiger partial charge in [0.2, 0.25) is 0 Å². The van der Waals surface area contributed by atoms with E-state index < -0.39 is 5.97 Å². The highest BCUT2D eigenvalue weighted by Gasteiger charge is 2.10. The second-order valence-electron chi connectivity index (χ2n) is 6.41.